The first-order valence-corrected chi connectivity index (χ1v) is 9.62. The molecule has 3 atom stereocenters. The summed E-state index contributed by atoms with van der Waals surface area (Å²) in [5.41, 5.74) is 3.55. The fourth-order valence-corrected chi connectivity index (χ4v) is 4.89. The van der Waals surface area contributed by atoms with Gasteiger partial charge in [-0.3, -0.25) is 9.78 Å². The van der Waals surface area contributed by atoms with Crippen molar-refractivity contribution in [2.24, 2.45) is 17.3 Å². The zero-order chi connectivity index (χ0) is 17.6. The molecule has 1 N–H and O–H groups in total. The molecule has 0 saturated heterocycles. The van der Waals surface area contributed by atoms with Gasteiger partial charge in [-0.1, -0.05) is 39.0 Å². The third kappa shape index (κ3) is 2.84. The first-order chi connectivity index (χ1) is 12.0. The van der Waals surface area contributed by atoms with Crippen LogP contribution in [0, 0.1) is 17.3 Å². The molecule has 1 aromatic carbocycles. The molecular weight excluding hydrogens is 308 g/mol. The molecule has 132 valence electrons. The summed E-state index contributed by atoms with van der Waals surface area (Å²) >= 11 is 0. The van der Waals surface area contributed by atoms with E-state index in [4.69, 9.17) is 0 Å². The lowest BCUT2D eigenvalue weighted by molar-refractivity contribution is -0.130. The predicted molar refractivity (Wildman–Crippen MR) is 103 cm³/mol. The van der Waals surface area contributed by atoms with E-state index in [0.29, 0.717) is 17.7 Å². The van der Waals surface area contributed by atoms with Crippen LogP contribution in [0.3, 0.4) is 0 Å². The molecule has 1 aliphatic heterocycles. The number of carbonyl (C=O) groups is 1. The summed E-state index contributed by atoms with van der Waals surface area (Å²) < 4.78 is 0. The van der Waals surface area contributed by atoms with E-state index in [-0.39, 0.29) is 11.3 Å². The molecule has 1 aromatic heterocycles. The minimum Gasteiger partial charge on any atom is -0.380 e. The van der Waals surface area contributed by atoms with Gasteiger partial charge in [0.2, 0.25) is 0 Å². The summed E-state index contributed by atoms with van der Waals surface area (Å²) in [5, 5.41) is 4.97. The first-order valence-electron chi connectivity index (χ1n) is 9.62. The van der Waals surface area contributed by atoms with Crippen molar-refractivity contribution < 1.29 is 4.79 Å². The van der Waals surface area contributed by atoms with E-state index in [9.17, 15) is 4.79 Å². The second-order valence-corrected chi connectivity index (χ2v) is 8.64. The van der Waals surface area contributed by atoms with E-state index < -0.39 is 0 Å². The molecule has 0 spiro atoms. The van der Waals surface area contributed by atoms with E-state index in [1.54, 1.807) is 0 Å². The fourth-order valence-electron chi connectivity index (χ4n) is 4.89. The smallest absolute Gasteiger partial charge is 0.136 e. The Kier molecular flexibility index (Phi) is 4.05. The molecule has 3 unspecified atom stereocenters. The van der Waals surface area contributed by atoms with Gasteiger partial charge in [-0.05, 0) is 48.6 Å². The maximum Gasteiger partial charge on any atom is 0.136 e. The van der Waals surface area contributed by atoms with Gasteiger partial charge in [0, 0.05) is 30.0 Å². The number of fused-ring (bicyclic) bond motifs is 3. The van der Waals surface area contributed by atoms with E-state index in [1.807, 2.05) is 12.3 Å². The number of nitrogens with zero attached hydrogens (tertiary/aromatic N) is 1. The monoisotopic (exact) mass is 336 g/mol. The van der Waals surface area contributed by atoms with Crippen molar-refractivity contribution in [1.29, 1.82) is 0 Å². The highest BCUT2D eigenvalue weighted by molar-refractivity contribution is 5.92. The Hall–Kier alpha value is -1.90. The predicted octanol–water partition coefficient (Wildman–Crippen LogP) is 4.99. The topological polar surface area (TPSA) is 42.0 Å². The highest BCUT2D eigenvalue weighted by Crippen LogP contribution is 2.45. The number of nitrogens with one attached hydrogen (secondary N) is 1. The molecule has 0 bridgehead atoms. The van der Waals surface area contributed by atoms with Gasteiger partial charge in [-0.15, -0.1) is 0 Å². The standard InChI is InChI=1S/C22H28N2O/c1-14-6-10-17(18(25)13-14)22(2,3)19-11-9-16-8-7-15-5-4-12-23-20(15)21(16)24-19/h4-5,7-8,12,14,17,19,24H,6,9-11,13H2,1-3H3. The molecular formula is C22H28N2O. The second-order valence-electron chi connectivity index (χ2n) is 8.64. The first kappa shape index (κ1) is 16.6. The van der Waals surface area contributed by atoms with E-state index in [1.165, 1.54) is 23.1 Å². The quantitative estimate of drug-likeness (QED) is 0.840. The van der Waals surface area contributed by atoms with E-state index in [0.717, 1.165) is 31.2 Å². The molecule has 25 heavy (non-hydrogen) atoms. The van der Waals surface area contributed by atoms with Gasteiger partial charge >= 0.3 is 0 Å². The van der Waals surface area contributed by atoms with Crippen LogP contribution in [0.1, 0.15) is 52.0 Å². The van der Waals surface area contributed by atoms with Gasteiger partial charge < -0.3 is 5.32 Å². The maximum absolute atomic E-state index is 12.7. The van der Waals surface area contributed by atoms with Crippen LogP contribution >= 0.6 is 0 Å². The number of pyridine rings is 1. The number of hydrogen-bond donors (Lipinski definition) is 1. The lowest BCUT2D eigenvalue weighted by Crippen LogP contribution is -2.48. The van der Waals surface area contributed by atoms with Gasteiger partial charge in [0.1, 0.15) is 5.78 Å². The van der Waals surface area contributed by atoms with Crippen LogP contribution in [-0.2, 0) is 11.2 Å². The molecule has 0 radical (unpaired) electrons. The number of hydrogen-bond acceptors (Lipinski definition) is 3. The van der Waals surface area contributed by atoms with Crippen LogP contribution in [0.25, 0.3) is 10.9 Å². The fraction of sp³-hybridized carbons (Fsp3) is 0.545. The number of benzene rings is 1. The maximum atomic E-state index is 12.7. The van der Waals surface area contributed by atoms with E-state index in [2.05, 4.69) is 49.3 Å². The third-order valence-electron chi connectivity index (χ3n) is 6.56. The molecule has 2 aliphatic rings. The highest BCUT2D eigenvalue weighted by Gasteiger charge is 2.44. The molecule has 0 amide bonds. The number of anilines is 1. The summed E-state index contributed by atoms with van der Waals surface area (Å²) in [6.07, 6.45) is 6.96. The molecule has 3 nitrogen and oxygen atoms in total. The van der Waals surface area contributed by atoms with Crippen molar-refractivity contribution in [2.45, 2.75) is 58.9 Å². The van der Waals surface area contributed by atoms with Crippen molar-refractivity contribution in [1.82, 2.24) is 4.98 Å². The van der Waals surface area contributed by atoms with Gasteiger partial charge in [-0.2, -0.15) is 0 Å². The highest BCUT2D eigenvalue weighted by atomic mass is 16.1. The number of rotatable bonds is 2. The van der Waals surface area contributed by atoms with Crippen LogP contribution in [0.2, 0.25) is 0 Å². The molecule has 2 heterocycles. The Balaban J connectivity index is 1.65. The minimum absolute atomic E-state index is 0.0359. The molecule has 1 aliphatic carbocycles. The van der Waals surface area contributed by atoms with Crippen LogP contribution in [-0.4, -0.2) is 16.8 Å². The van der Waals surface area contributed by atoms with Crippen molar-refractivity contribution in [3.8, 4) is 0 Å². The summed E-state index contributed by atoms with van der Waals surface area (Å²) in [7, 11) is 0. The molecule has 1 fully saturated rings. The van der Waals surface area contributed by atoms with Gasteiger partial charge in [0.15, 0.2) is 0 Å². The lowest BCUT2D eigenvalue weighted by atomic mass is 9.63. The number of aromatic nitrogens is 1. The van der Waals surface area contributed by atoms with Gasteiger partial charge in [0.05, 0.1) is 11.2 Å². The van der Waals surface area contributed by atoms with E-state index >= 15 is 0 Å². The van der Waals surface area contributed by atoms with Gasteiger partial charge in [0.25, 0.3) is 0 Å². The van der Waals surface area contributed by atoms with Crippen molar-refractivity contribution in [2.75, 3.05) is 5.32 Å². The number of aryl methyl sites for hydroxylation is 1. The van der Waals surface area contributed by atoms with Gasteiger partial charge in [-0.25, -0.2) is 0 Å². The van der Waals surface area contributed by atoms with Crippen LogP contribution in [0.4, 0.5) is 5.69 Å². The zero-order valence-electron chi connectivity index (χ0n) is 15.5. The van der Waals surface area contributed by atoms with Crippen molar-refractivity contribution in [3.63, 3.8) is 0 Å². The Morgan fingerprint density at radius 3 is 2.80 bits per heavy atom. The Labute approximate surface area is 150 Å². The Morgan fingerprint density at radius 2 is 2.00 bits per heavy atom. The minimum atomic E-state index is -0.0359. The Morgan fingerprint density at radius 1 is 1.16 bits per heavy atom. The normalized spacial score (nSPS) is 27.0. The Bertz CT molecular complexity index is 811. The van der Waals surface area contributed by atoms with Crippen LogP contribution in [0.5, 0.6) is 0 Å². The van der Waals surface area contributed by atoms with Crippen LogP contribution in [0.15, 0.2) is 30.5 Å². The average molecular weight is 336 g/mol. The third-order valence-corrected chi connectivity index (χ3v) is 6.56. The SMILES string of the molecule is CC1CCC(C(C)(C)C2CCc3ccc4cccnc4c3N2)C(=O)C1. The van der Waals surface area contributed by atoms with Crippen molar-refractivity contribution in [3.05, 3.63) is 36.0 Å². The molecule has 2 aromatic rings. The summed E-state index contributed by atoms with van der Waals surface area (Å²) in [6, 6.07) is 8.81. The van der Waals surface area contributed by atoms with Crippen LogP contribution < -0.4 is 5.32 Å². The molecule has 3 heteroatoms. The van der Waals surface area contributed by atoms with Crippen molar-refractivity contribution >= 4 is 22.4 Å². The number of Topliss-reactive ketones (excluding diaryl/α,β-unsaturated/α-hetero) is 1. The summed E-state index contributed by atoms with van der Waals surface area (Å²) in [5.74, 6) is 1.19. The largest absolute Gasteiger partial charge is 0.380 e. The lowest BCUT2D eigenvalue weighted by Gasteiger charge is -2.45. The summed E-state index contributed by atoms with van der Waals surface area (Å²) in [4.78, 5) is 17.3. The number of carbonyl (C=O) groups excluding carboxylic acids is 1. The summed E-state index contributed by atoms with van der Waals surface area (Å²) in [6.45, 7) is 6.77. The molecule has 1 saturated carbocycles. The number of ketones is 1. The molecule has 4 rings (SSSR count). The second kappa shape index (κ2) is 6.12. The average Bonchev–Trinajstić information content (AvgIpc) is 2.60. The zero-order valence-corrected chi connectivity index (χ0v) is 15.5.